The number of imidazole rings is 1. The van der Waals surface area contributed by atoms with Gasteiger partial charge in [0.2, 0.25) is 0 Å². The number of amides is 2. The number of nitrogens with zero attached hydrogens (tertiary/aromatic N) is 4. The van der Waals surface area contributed by atoms with Crippen molar-refractivity contribution in [2.45, 2.75) is 32.2 Å². The van der Waals surface area contributed by atoms with Crippen molar-refractivity contribution in [3.63, 3.8) is 0 Å². The Morgan fingerprint density at radius 1 is 1.21 bits per heavy atom. The number of carbonyl (C=O) groups excluding carboxylic acids is 2. The van der Waals surface area contributed by atoms with Crippen molar-refractivity contribution in [2.24, 2.45) is 5.73 Å². The molecule has 0 bridgehead atoms. The van der Waals surface area contributed by atoms with Gasteiger partial charge in [0.15, 0.2) is 11.5 Å². The molecule has 1 aromatic carbocycles. The molecule has 9 nitrogen and oxygen atoms in total. The van der Waals surface area contributed by atoms with Crippen LogP contribution in [0.4, 0.5) is 5.82 Å². The van der Waals surface area contributed by atoms with E-state index in [0.717, 1.165) is 25.8 Å². The largest absolute Gasteiger partial charge is 0.364 e. The van der Waals surface area contributed by atoms with Crippen LogP contribution in [0.15, 0.2) is 42.6 Å². The molecule has 0 unspecified atom stereocenters. The molecule has 1 atom stereocenters. The Bertz CT molecular complexity index is 1290. The zero-order valence-corrected chi connectivity index (χ0v) is 19.3. The maximum Gasteiger partial charge on any atom is 0.269 e. The molecule has 3 heterocycles. The molecule has 0 spiro atoms. The maximum absolute atomic E-state index is 12.6. The number of benzene rings is 1. The van der Waals surface area contributed by atoms with Crippen LogP contribution in [0.1, 0.15) is 58.9 Å². The number of carbonyl (C=O) groups is 2. The molecular formula is C24H24ClN7O2. The zero-order valence-electron chi connectivity index (χ0n) is 18.6. The number of aromatic nitrogens is 3. The van der Waals surface area contributed by atoms with Crippen LogP contribution in [0.5, 0.6) is 0 Å². The molecule has 1 fully saturated rings. The number of piperidine rings is 1. The van der Waals surface area contributed by atoms with E-state index in [4.69, 9.17) is 28.2 Å². The first kappa shape index (κ1) is 23.1. The molecule has 0 aliphatic carbocycles. The summed E-state index contributed by atoms with van der Waals surface area (Å²) in [5.74, 6) is 9.07. The Labute approximate surface area is 202 Å². The van der Waals surface area contributed by atoms with Gasteiger partial charge in [-0.1, -0.05) is 29.7 Å². The van der Waals surface area contributed by atoms with Crippen LogP contribution in [0, 0.1) is 12.0 Å². The fourth-order valence-electron chi connectivity index (χ4n) is 4.04. The van der Waals surface area contributed by atoms with E-state index in [-0.39, 0.29) is 17.6 Å². The molecule has 2 amide bonds. The third kappa shape index (κ3) is 4.67. The van der Waals surface area contributed by atoms with Crippen molar-refractivity contribution < 1.29 is 9.59 Å². The van der Waals surface area contributed by atoms with Crippen LogP contribution >= 0.6 is 11.6 Å². The fourth-order valence-corrected chi connectivity index (χ4v) is 4.20. The Morgan fingerprint density at radius 3 is 2.65 bits per heavy atom. The smallest absolute Gasteiger partial charge is 0.269 e. The minimum Gasteiger partial charge on any atom is -0.364 e. The first-order valence-corrected chi connectivity index (χ1v) is 11.2. The fraction of sp³-hybridized carbons (Fsp3) is 0.250. The Balaban J connectivity index is 1.64. The molecule has 4 rings (SSSR count). The first-order chi connectivity index (χ1) is 16.4. The number of nitrogens with one attached hydrogen (secondary N) is 1. The number of likely N-dealkylation sites (tertiary alicyclic amines) is 1. The van der Waals surface area contributed by atoms with Crippen LogP contribution in [0.25, 0.3) is 11.3 Å². The van der Waals surface area contributed by atoms with Crippen LogP contribution < -0.4 is 16.9 Å². The van der Waals surface area contributed by atoms with E-state index in [2.05, 4.69) is 22.3 Å². The van der Waals surface area contributed by atoms with Gasteiger partial charge >= 0.3 is 0 Å². The Hall–Kier alpha value is -4.03. The number of anilines is 1. The number of halogens is 1. The highest BCUT2D eigenvalue weighted by Crippen LogP contribution is 2.33. The summed E-state index contributed by atoms with van der Waals surface area (Å²) in [5, 5.41) is 3.16. The molecule has 1 saturated heterocycles. The molecule has 1 aliphatic heterocycles. The summed E-state index contributed by atoms with van der Waals surface area (Å²) in [4.78, 5) is 35.6. The molecule has 10 heteroatoms. The van der Waals surface area contributed by atoms with Crippen molar-refractivity contribution in [1.29, 1.82) is 0 Å². The van der Waals surface area contributed by atoms with E-state index in [1.54, 1.807) is 43.3 Å². The lowest BCUT2D eigenvalue weighted by Gasteiger charge is -2.32. The molecule has 5 N–H and O–H groups in total. The molecule has 174 valence electrons. The average molecular weight is 478 g/mol. The standard InChI is InChI=1S/C24H24ClN7O2/c1-2-12-31-13-4-3-5-18(31)23-30-20(21(22(26)33)32(23)27)15-6-8-16(9-7-15)24(34)29-19-14-17(25)10-11-28-19/h6-11,14,18H,3-5,13,27H2,1H3,(H2,26,33)(H,28,29,34)/t18-/m0/s1. The molecule has 0 saturated carbocycles. The summed E-state index contributed by atoms with van der Waals surface area (Å²) in [7, 11) is 0. The number of pyridine rings is 1. The molecule has 3 aromatic rings. The number of hydrogen-bond acceptors (Lipinski definition) is 6. The summed E-state index contributed by atoms with van der Waals surface area (Å²) in [6, 6.07) is 12.8. The van der Waals surface area contributed by atoms with Gasteiger partial charge in [-0.25, -0.2) is 14.6 Å². The van der Waals surface area contributed by atoms with Crippen LogP contribution in [-0.4, -0.2) is 37.9 Å². The van der Waals surface area contributed by atoms with E-state index >= 15 is 0 Å². The number of nitrogen functional groups attached to an aromatic ring is 1. The van der Waals surface area contributed by atoms with Gasteiger partial charge in [0.25, 0.3) is 11.8 Å². The van der Waals surface area contributed by atoms with Crippen molar-refractivity contribution in [1.82, 2.24) is 19.5 Å². The quantitative estimate of drug-likeness (QED) is 0.382. The van der Waals surface area contributed by atoms with Crippen molar-refractivity contribution >= 4 is 29.2 Å². The highest BCUT2D eigenvalue weighted by Gasteiger charge is 2.30. The third-order valence-corrected chi connectivity index (χ3v) is 5.85. The number of primary amides is 1. The van der Waals surface area contributed by atoms with Crippen LogP contribution in [-0.2, 0) is 0 Å². The molecule has 34 heavy (non-hydrogen) atoms. The van der Waals surface area contributed by atoms with Crippen LogP contribution in [0.2, 0.25) is 5.02 Å². The van der Waals surface area contributed by atoms with Gasteiger partial charge in [0.05, 0.1) is 6.04 Å². The van der Waals surface area contributed by atoms with Gasteiger partial charge in [-0.3, -0.25) is 9.59 Å². The first-order valence-electron chi connectivity index (χ1n) is 10.8. The highest BCUT2D eigenvalue weighted by atomic mass is 35.5. The summed E-state index contributed by atoms with van der Waals surface area (Å²) in [5.41, 5.74) is 7.14. The number of hydrogen-bond donors (Lipinski definition) is 3. The second-order valence-corrected chi connectivity index (χ2v) is 8.30. The summed E-state index contributed by atoms with van der Waals surface area (Å²) in [6.45, 7) is 2.58. The predicted octanol–water partition coefficient (Wildman–Crippen LogP) is 3.17. The summed E-state index contributed by atoms with van der Waals surface area (Å²) in [6.07, 6.45) is 4.36. The maximum atomic E-state index is 12.6. The van der Waals surface area contributed by atoms with Crippen molar-refractivity contribution in [3.8, 4) is 23.2 Å². The van der Waals surface area contributed by atoms with E-state index < -0.39 is 5.91 Å². The lowest BCUT2D eigenvalue weighted by atomic mass is 10.0. The van der Waals surface area contributed by atoms with Crippen molar-refractivity contribution in [2.75, 3.05) is 17.7 Å². The lowest BCUT2D eigenvalue weighted by molar-refractivity contribution is 0.0990. The third-order valence-electron chi connectivity index (χ3n) is 5.61. The van der Waals surface area contributed by atoms with Crippen molar-refractivity contribution in [3.05, 3.63) is 64.7 Å². The molecule has 1 aliphatic rings. The van der Waals surface area contributed by atoms with Gasteiger partial charge in [0.1, 0.15) is 11.5 Å². The molecule has 2 aromatic heterocycles. The van der Waals surface area contributed by atoms with E-state index in [1.807, 2.05) is 4.90 Å². The Kier molecular flexibility index (Phi) is 6.70. The van der Waals surface area contributed by atoms with Gasteiger partial charge in [-0.15, -0.1) is 0 Å². The topological polar surface area (TPSA) is 132 Å². The molecular weight excluding hydrogens is 454 g/mol. The SMILES string of the molecule is CC#CN1CCCC[C@H]1c1nc(-c2ccc(C(=O)Nc3cc(Cl)ccn3)cc2)c(C(N)=O)n1N. The van der Waals surface area contributed by atoms with Crippen LogP contribution in [0.3, 0.4) is 0 Å². The highest BCUT2D eigenvalue weighted by molar-refractivity contribution is 6.30. The second kappa shape index (κ2) is 9.85. The monoisotopic (exact) mass is 477 g/mol. The summed E-state index contributed by atoms with van der Waals surface area (Å²) < 4.78 is 1.27. The number of rotatable bonds is 5. The Morgan fingerprint density at radius 2 is 1.97 bits per heavy atom. The molecule has 0 radical (unpaired) electrons. The summed E-state index contributed by atoms with van der Waals surface area (Å²) >= 11 is 5.94. The van der Waals surface area contributed by atoms with Gasteiger partial charge < -0.3 is 21.8 Å². The number of nitrogens with two attached hydrogens (primary N) is 2. The predicted molar refractivity (Wildman–Crippen MR) is 130 cm³/mol. The minimum absolute atomic E-state index is 0.102. The van der Waals surface area contributed by atoms with E-state index in [0.29, 0.717) is 33.5 Å². The van der Waals surface area contributed by atoms with Gasteiger partial charge in [0, 0.05) is 34.9 Å². The second-order valence-electron chi connectivity index (χ2n) is 7.86. The van der Waals surface area contributed by atoms with E-state index in [9.17, 15) is 9.59 Å². The van der Waals surface area contributed by atoms with Gasteiger partial charge in [-0.2, -0.15) is 0 Å². The normalized spacial score (nSPS) is 15.4. The zero-order chi connectivity index (χ0) is 24.2. The van der Waals surface area contributed by atoms with E-state index in [1.165, 1.54) is 10.9 Å². The average Bonchev–Trinajstić information content (AvgIpc) is 3.17. The minimum atomic E-state index is -0.686. The van der Waals surface area contributed by atoms with Gasteiger partial charge in [-0.05, 0) is 50.5 Å². The lowest BCUT2D eigenvalue weighted by Crippen LogP contribution is -2.33.